The van der Waals surface area contributed by atoms with Crippen LogP contribution in [0.15, 0.2) is 17.8 Å². The Balaban J connectivity index is 1.55. The van der Waals surface area contributed by atoms with Gasteiger partial charge >= 0.3 is 0 Å². The summed E-state index contributed by atoms with van der Waals surface area (Å²) in [5, 5.41) is 10.3. The molecule has 0 atom stereocenters. The Labute approximate surface area is 175 Å². The van der Waals surface area contributed by atoms with Crippen molar-refractivity contribution in [1.29, 1.82) is 0 Å². The normalized spacial score (nSPS) is 20.5. The van der Waals surface area contributed by atoms with Crippen LogP contribution in [0, 0.1) is 5.92 Å². The minimum absolute atomic E-state index is 0.538. The highest BCUT2D eigenvalue weighted by molar-refractivity contribution is 7.99. The topological polar surface area (TPSA) is 37.2 Å². The molecule has 0 saturated carbocycles. The van der Waals surface area contributed by atoms with Gasteiger partial charge in [0.1, 0.15) is 5.82 Å². The number of nitrogens with zero attached hydrogens (tertiary/aromatic N) is 5. The fraction of sp³-hybridized carbons (Fsp3) is 0.818. The summed E-state index contributed by atoms with van der Waals surface area (Å²) in [7, 11) is 0. The van der Waals surface area contributed by atoms with Gasteiger partial charge in [-0.3, -0.25) is 0 Å². The maximum Gasteiger partial charge on any atom is 0.191 e. The first-order valence-corrected chi connectivity index (χ1v) is 12.3. The molecule has 0 spiro atoms. The van der Waals surface area contributed by atoms with Crippen LogP contribution in [0.2, 0.25) is 0 Å². The van der Waals surface area contributed by atoms with Crippen molar-refractivity contribution in [2.75, 3.05) is 45.0 Å². The molecule has 2 saturated heterocycles. The maximum atomic E-state index is 4.64. The number of piperidine rings is 1. The Kier molecular flexibility index (Phi) is 8.87. The fourth-order valence-corrected chi connectivity index (χ4v) is 5.48. The predicted octanol–water partition coefficient (Wildman–Crippen LogP) is 4.27. The first kappa shape index (κ1) is 21.8. The highest BCUT2D eigenvalue weighted by atomic mass is 32.2. The summed E-state index contributed by atoms with van der Waals surface area (Å²) >= 11 is 1.87. The van der Waals surface area contributed by atoms with Gasteiger partial charge in [0.2, 0.25) is 0 Å². The molecule has 0 amide bonds. The van der Waals surface area contributed by atoms with E-state index in [1.165, 1.54) is 77.1 Å². The molecule has 0 aliphatic carbocycles. The molecule has 2 aliphatic rings. The summed E-state index contributed by atoms with van der Waals surface area (Å²) in [6.45, 7) is 16.7. The number of hydrogen-bond donors (Lipinski definition) is 0. The van der Waals surface area contributed by atoms with Gasteiger partial charge in [-0.1, -0.05) is 44.5 Å². The van der Waals surface area contributed by atoms with E-state index in [0.29, 0.717) is 5.92 Å². The Morgan fingerprint density at radius 1 is 1.04 bits per heavy atom. The zero-order chi connectivity index (χ0) is 19.8. The van der Waals surface area contributed by atoms with Crippen LogP contribution in [0.25, 0.3) is 0 Å². The molecule has 3 rings (SSSR count). The SMILES string of the molecule is C=CCn1c(SCCN2CCCCCC2)nnc1C1CCN(CC(C)C)CC1. The van der Waals surface area contributed by atoms with Gasteiger partial charge in [-0.25, -0.2) is 0 Å². The van der Waals surface area contributed by atoms with Crippen molar-refractivity contribution in [3.8, 4) is 0 Å². The second-order valence-corrected chi connectivity index (χ2v) is 9.88. The third kappa shape index (κ3) is 6.33. The van der Waals surface area contributed by atoms with Crippen molar-refractivity contribution >= 4 is 11.8 Å². The first-order chi connectivity index (χ1) is 13.7. The van der Waals surface area contributed by atoms with Gasteiger partial charge in [0, 0.05) is 31.3 Å². The van der Waals surface area contributed by atoms with E-state index in [9.17, 15) is 0 Å². The van der Waals surface area contributed by atoms with Crippen LogP contribution in [0.3, 0.4) is 0 Å². The second kappa shape index (κ2) is 11.4. The van der Waals surface area contributed by atoms with Crippen molar-refractivity contribution < 1.29 is 0 Å². The molecule has 0 bridgehead atoms. The monoisotopic (exact) mass is 405 g/mol. The molecule has 0 N–H and O–H groups in total. The fourth-order valence-electron chi connectivity index (χ4n) is 4.53. The number of allylic oxidation sites excluding steroid dienone is 1. The van der Waals surface area contributed by atoms with E-state index >= 15 is 0 Å². The average molecular weight is 406 g/mol. The van der Waals surface area contributed by atoms with Crippen LogP contribution in [0.5, 0.6) is 0 Å². The van der Waals surface area contributed by atoms with Crippen molar-refractivity contribution in [3.05, 3.63) is 18.5 Å². The molecular weight excluding hydrogens is 366 g/mol. The molecule has 3 heterocycles. The average Bonchev–Trinajstić information content (AvgIpc) is 2.89. The molecule has 28 heavy (non-hydrogen) atoms. The molecule has 0 radical (unpaired) electrons. The lowest BCUT2D eigenvalue weighted by Gasteiger charge is -2.32. The summed E-state index contributed by atoms with van der Waals surface area (Å²) in [5.74, 6) is 3.56. The van der Waals surface area contributed by atoms with Crippen molar-refractivity contribution in [1.82, 2.24) is 24.6 Å². The molecule has 0 unspecified atom stereocenters. The number of aromatic nitrogens is 3. The molecule has 6 heteroatoms. The molecular formula is C22H39N5S. The summed E-state index contributed by atoms with van der Waals surface area (Å²) in [5.41, 5.74) is 0. The van der Waals surface area contributed by atoms with Gasteiger partial charge in [0.05, 0.1) is 0 Å². The van der Waals surface area contributed by atoms with E-state index < -0.39 is 0 Å². The predicted molar refractivity (Wildman–Crippen MR) is 119 cm³/mol. The van der Waals surface area contributed by atoms with Crippen LogP contribution in [0.1, 0.15) is 64.1 Å². The van der Waals surface area contributed by atoms with Gasteiger partial charge in [-0.2, -0.15) is 0 Å². The van der Waals surface area contributed by atoms with E-state index in [4.69, 9.17) is 0 Å². The molecule has 1 aromatic rings. The molecule has 2 fully saturated rings. The number of likely N-dealkylation sites (tertiary alicyclic amines) is 2. The lowest BCUT2D eigenvalue weighted by Crippen LogP contribution is -2.36. The Morgan fingerprint density at radius 3 is 2.39 bits per heavy atom. The zero-order valence-corrected chi connectivity index (χ0v) is 18.8. The summed E-state index contributed by atoms with van der Waals surface area (Å²) in [6, 6.07) is 0. The number of rotatable bonds is 9. The smallest absolute Gasteiger partial charge is 0.191 e. The van der Waals surface area contributed by atoms with E-state index in [1.807, 2.05) is 17.8 Å². The van der Waals surface area contributed by atoms with Crippen LogP contribution in [-0.4, -0.2) is 69.6 Å². The van der Waals surface area contributed by atoms with Crippen LogP contribution < -0.4 is 0 Å². The maximum absolute atomic E-state index is 4.64. The summed E-state index contributed by atoms with van der Waals surface area (Å²) in [4.78, 5) is 5.23. The lowest BCUT2D eigenvalue weighted by molar-refractivity contribution is 0.188. The van der Waals surface area contributed by atoms with Crippen molar-refractivity contribution in [2.24, 2.45) is 5.92 Å². The van der Waals surface area contributed by atoms with Crippen LogP contribution >= 0.6 is 11.8 Å². The quantitative estimate of drug-likeness (QED) is 0.453. The van der Waals surface area contributed by atoms with Gasteiger partial charge in [-0.15, -0.1) is 16.8 Å². The number of hydrogen-bond acceptors (Lipinski definition) is 5. The van der Waals surface area contributed by atoms with Crippen molar-refractivity contribution in [2.45, 2.75) is 70.0 Å². The number of thioether (sulfide) groups is 1. The van der Waals surface area contributed by atoms with Gasteiger partial charge in [0.25, 0.3) is 0 Å². The van der Waals surface area contributed by atoms with Crippen LogP contribution in [-0.2, 0) is 6.54 Å². The first-order valence-electron chi connectivity index (χ1n) is 11.3. The largest absolute Gasteiger partial charge is 0.303 e. The zero-order valence-electron chi connectivity index (χ0n) is 18.0. The minimum atomic E-state index is 0.538. The van der Waals surface area contributed by atoms with E-state index in [0.717, 1.165) is 29.9 Å². The molecule has 1 aromatic heterocycles. The van der Waals surface area contributed by atoms with Crippen molar-refractivity contribution in [3.63, 3.8) is 0 Å². The second-order valence-electron chi connectivity index (χ2n) is 8.81. The van der Waals surface area contributed by atoms with E-state index in [-0.39, 0.29) is 0 Å². The van der Waals surface area contributed by atoms with Gasteiger partial charge < -0.3 is 14.4 Å². The molecule has 158 valence electrons. The third-order valence-electron chi connectivity index (χ3n) is 5.97. The van der Waals surface area contributed by atoms with E-state index in [1.54, 1.807) is 0 Å². The van der Waals surface area contributed by atoms with Gasteiger partial charge in [0.15, 0.2) is 5.16 Å². The Bertz CT molecular complexity index is 584. The van der Waals surface area contributed by atoms with Gasteiger partial charge in [-0.05, 0) is 57.8 Å². The Hall–Kier alpha value is -0.850. The highest BCUT2D eigenvalue weighted by Gasteiger charge is 2.26. The minimum Gasteiger partial charge on any atom is -0.303 e. The lowest BCUT2D eigenvalue weighted by atomic mass is 9.95. The Morgan fingerprint density at radius 2 is 1.75 bits per heavy atom. The highest BCUT2D eigenvalue weighted by Crippen LogP contribution is 2.30. The standard InChI is InChI=1S/C22H39N5S/c1-4-11-27-21(20-9-14-26(15-10-20)18-19(2)3)23-24-22(27)28-17-16-25-12-7-5-6-8-13-25/h4,19-20H,1,5-18H2,2-3H3. The van der Waals surface area contributed by atoms with E-state index in [2.05, 4.69) is 45.0 Å². The summed E-state index contributed by atoms with van der Waals surface area (Å²) < 4.78 is 2.32. The molecule has 0 aromatic carbocycles. The molecule has 5 nitrogen and oxygen atoms in total. The van der Waals surface area contributed by atoms with Crippen LogP contribution in [0.4, 0.5) is 0 Å². The molecule has 2 aliphatic heterocycles. The summed E-state index contributed by atoms with van der Waals surface area (Å²) in [6.07, 6.45) is 9.89. The third-order valence-corrected chi connectivity index (χ3v) is 6.92.